The highest BCUT2D eigenvalue weighted by Gasteiger charge is 2.25. The molecule has 1 aliphatic rings. The van der Waals surface area contributed by atoms with E-state index in [-0.39, 0.29) is 11.8 Å². The second-order valence-electron chi connectivity index (χ2n) is 6.21. The lowest BCUT2D eigenvalue weighted by Crippen LogP contribution is -2.32. The molecule has 1 aromatic carbocycles. The van der Waals surface area contributed by atoms with Gasteiger partial charge in [0.25, 0.3) is 0 Å². The molecule has 8 nitrogen and oxygen atoms in total. The number of ether oxygens (including phenoxy) is 1. The van der Waals surface area contributed by atoms with Crippen LogP contribution in [0.1, 0.15) is 25.5 Å². The van der Waals surface area contributed by atoms with E-state index in [1.807, 2.05) is 12.1 Å². The molecular formula is C18H22N4O4. The second kappa shape index (κ2) is 7.47. The first kappa shape index (κ1) is 17.8. The van der Waals surface area contributed by atoms with Gasteiger partial charge in [0.2, 0.25) is 11.8 Å². The number of aromatic nitrogens is 1. The summed E-state index contributed by atoms with van der Waals surface area (Å²) in [4.78, 5) is 25.9. The maximum absolute atomic E-state index is 12.3. The number of methoxy groups -OCH3 is 1. The number of hydrogen-bond donors (Lipinski definition) is 2. The number of benzene rings is 1. The molecule has 0 bridgehead atoms. The van der Waals surface area contributed by atoms with Crippen LogP contribution in [0.4, 0.5) is 17.2 Å². The van der Waals surface area contributed by atoms with Crippen molar-refractivity contribution in [1.82, 2.24) is 5.16 Å². The number of rotatable bonds is 6. The quantitative estimate of drug-likeness (QED) is 0.824. The number of nitrogens with zero attached hydrogens (tertiary/aromatic N) is 2. The molecule has 1 aromatic heterocycles. The number of carbonyl (C=O) groups is 2. The highest BCUT2D eigenvalue weighted by atomic mass is 16.5. The number of aryl methyl sites for hydroxylation is 1. The minimum atomic E-state index is -0.504. The molecule has 2 aromatic rings. The standard InChI is InChI=1S/C18H22N4O4/c1-11-9-16(21-26-11)20-18(24)12(2)19-13-6-7-14(15(10-13)25-3)22-8-4-5-17(22)23/h6-7,9-10,12,19H,4-5,8H2,1-3H3,(H,20,21,24). The molecule has 1 aliphatic heterocycles. The van der Waals surface area contributed by atoms with Crippen molar-refractivity contribution >= 4 is 29.0 Å². The summed E-state index contributed by atoms with van der Waals surface area (Å²) < 4.78 is 10.4. The minimum Gasteiger partial charge on any atom is -0.494 e. The average molecular weight is 358 g/mol. The number of hydrogen-bond acceptors (Lipinski definition) is 6. The van der Waals surface area contributed by atoms with Crippen molar-refractivity contribution in [3.05, 3.63) is 30.0 Å². The van der Waals surface area contributed by atoms with Gasteiger partial charge in [-0.3, -0.25) is 9.59 Å². The van der Waals surface area contributed by atoms with E-state index < -0.39 is 6.04 Å². The largest absolute Gasteiger partial charge is 0.494 e. The van der Waals surface area contributed by atoms with Gasteiger partial charge in [-0.05, 0) is 32.4 Å². The Morgan fingerprint density at radius 1 is 1.38 bits per heavy atom. The number of nitrogens with one attached hydrogen (secondary N) is 2. The Hall–Kier alpha value is -3.03. The van der Waals surface area contributed by atoms with Crippen LogP contribution >= 0.6 is 0 Å². The molecule has 0 radical (unpaired) electrons. The van der Waals surface area contributed by atoms with Gasteiger partial charge in [0.1, 0.15) is 17.6 Å². The molecule has 1 saturated heterocycles. The molecule has 3 rings (SSSR count). The molecule has 0 spiro atoms. The van der Waals surface area contributed by atoms with E-state index in [0.717, 1.165) is 17.8 Å². The SMILES string of the molecule is COc1cc(NC(C)C(=O)Nc2cc(C)on2)ccc1N1CCCC1=O. The number of carbonyl (C=O) groups excluding carboxylic acids is 2. The average Bonchev–Trinajstić information content (AvgIpc) is 3.22. The Morgan fingerprint density at radius 3 is 2.81 bits per heavy atom. The second-order valence-corrected chi connectivity index (χ2v) is 6.21. The summed E-state index contributed by atoms with van der Waals surface area (Å²) in [5.74, 6) is 1.44. The first-order valence-corrected chi connectivity index (χ1v) is 8.47. The van der Waals surface area contributed by atoms with Gasteiger partial charge < -0.3 is 24.8 Å². The molecule has 0 saturated carbocycles. The first-order chi connectivity index (χ1) is 12.5. The number of amides is 2. The van der Waals surface area contributed by atoms with E-state index in [1.165, 1.54) is 0 Å². The third kappa shape index (κ3) is 3.79. The predicted molar refractivity (Wildman–Crippen MR) is 97.5 cm³/mol. The Balaban J connectivity index is 1.69. The van der Waals surface area contributed by atoms with Crippen LogP contribution in [0, 0.1) is 6.92 Å². The van der Waals surface area contributed by atoms with Gasteiger partial charge >= 0.3 is 0 Å². The highest BCUT2D eigenvalue weighted by Crippen LogP contribution is 2.34. The lowest BCUT2D eigenvalue weighted by atomic mass is 10.2. The van der Waals surface area contributed by atoms with Gasteiger partial charge in [-0.15, -0.1) is 0 Å². The zero-order chi connectivity index (χ0) is 18.7. The minimum absolute atomic E-state index is 0.0969. The van der Waals surface area contributed by atoms with Crippen molar-refractivity contribution in [3.8, 4) is 5.75 Å². The molecule has 1 unspecified atom stereocenters. The van der Waals surface area contributed by atoms with Crippen LogP contribution in [0.25, 0.3) is 0 Å². The summed E-state index contributed by atoms with van der Waals surface area (Å²) in [6.07, 6.45) is 1.41. The van der Waals surface area contributed by atoms with Crippen LogP contribution in [0.3, 0.4) is 0 Å². The summed E-state index contributed by atoms with van der Waals surface area (Å²) in [5, 5.41) is 9.54. The van der Waals surface area contributed by atoms with E-state index in [0.29, 0.717) is 30.3 Å². The summed E-state index contributed by atoms with van der Waals surface area (Å²) >= 11 is 0. The van der Waals surface area contributed by atoms with Crippen molar-refractivity contribution in [1.29, 1.82) is 0 Å². The molecular weight excluding hydrogens is 336 g/mol. The van der Waals surface area contributed by atoms with Crippen LogP contribution in [-0.4, -0.2) is 36.7 Å². The summed E-state index contributed by atoms with van der Waals surface area (Å²) in [6, 6.07) is 6.58. The topological polar surface area (TPSA) is 96.7 Å². The summed E-state index contributed by atoms with van der Waals surface area (Å²) in [7, 11) is 1.56. The highest BCUT2D eigenvalue weighted by molar-refractivity contribution is 5.97. The Labute approximate surface area is 151 Å². The maximum Gasteiger partial charge on any atom is 0.247 e. The van der Waals surface area contributed by atoms with Gasteiger partial charge in [-0.25, -0.2) is 0 Å². The van der Waals surface area contributed by atoms with Crippen LogP contribution in [0.2, 0.25) is 0 Å². The van der Waals surface area contributed by atoms with Crippen LogP contribution in [-0.2, 0) is 9.59 Å². The van der Waals surface area contributed by atoms with E-state index in [4.69, 9.17) is 9.26 Å². The molecule has 2 amide bonds. The van der Waals surface area contributed by atoms with Crippen LogP contribution < -0.4 is 20.3 Å². The predicted octanol–water partition coefficient (Wildman–Crippen LogP) is 2.56. The maximum atomic E-state index is 12.3. The van der Waals surface area contributed by atoms with E-state index in [2.05, 4.69) is 15.8 Å². The smallest absolute Gasteiger partial charge is 0.247 e. The molecule has 26 heavy (non-hydrogen) atoms. The Kier molecular flexibility index (Phi) is 5.11. The molecule has 138 valence electrons. The zero-order valence-corrected chi connectivity index (χ0v) is 15.0. The lowest BCUT2D eigenvalue weighted by Gasteiger charge is -2.21. The normalized spacial score (nSPS) is 15.0. The van der Waals surface area contributed by atoms with Gasteiger partial charge in [-0.1, -0.05) is 5.16 Å². The van der Waals surface area contributed by atoms with E-state index >= 15 is 0 Å². The first-order valence-electron chi connectivity index (χ1n) is 8.47. The lowest BCUT2D eigenvalue weighted by molar-refractivity contribution is -0.117. The number of anilines is 3. The Bertz CT molecular complexity index is 817. The molecule has 0 aliphatic carbocycles. The Morgan fingerprint density at radius 2 is 2.19 bits per heavy atom. The van der Waals surface area contributed by atoms with Crippen molar-refractivity contribution in [2.75, 3.05) is 29.2 Å². The fourth-order valence-electron chi connectivity index (χ4n) is 2.87. The van der Waals surface area contributed by atoms with Gasteiger partial charge in [-0.2, -0.15) is 0 Å². The molecule has 1 atom stereocenters. The monoisotopic (exact) mass is 358 g/mol. The molecule has 2 N–H and O–H groups in total. The third-order valence-electron chi connectivity index (χ3n) is 4.20. The molecule has 2 heterocycles. The van der Waals surface area contributed by atoms with Crippen LogP contribution in [0.5, 0.6) is 5.75 Å². The fraction of sp³-hybridized carbons (Fsp3) is 0.389. The van der Waals surface area contributed by atoms with Crippen molar-refractivity contribution < 1.29 is 18.8 Å². The van der Waals surface area contributed by atoms with E-state index in [1.54, 1.807) is 38.0 Å². The van der Waals surface area contributed by atoms with Crippen molar-refractivity contribution in [3.63, 3.8) is 0 Å². The summed E-state index contributed by atoms with van der Waals surface area (Å²) in [5.41, 5.74) is 1.46. The molecule has 1 fully saturated rings. The van der Waals surface area contributed by atoms with Gasteiger partial charge in [0, 0.05) is 30.8 Å². The summed E-state index contributed by atoms with van der Waals surface area (Å²) in [6.45, 7) is 4.19. The van der Waals surface area contributed by atoms with Crippen molar-refractivity contribution in [2.24, 2.45) is 0 Å². The zero-order valence-electron chi connectivity index (χ0n) is 15.0. The third-order valence-corrected chi connectivity index (χ3v) is 4.20. The van der Waals surface area contributed by atoms with Gasteiger partial charge in [0.15, 0.2) is 5.82 Å². The van der Waals surface area contributed by atoms with Gasteiger partial charge in [0.05, 0.1) is 12.8 Å². The van der Waals surface area contributed by atoms with Crippen LogP contribution in [0.15, 0.2) is 28.8 Å². The fourth-order valence-corrected chi connectivity index (χ4v) is 2.87. The molecule has 8 heteroatoms. The van der Waals surface area contributed by atoms with Crippen molar-refractivity contribution in [2.45, 2.75) is 32.7 Å². The van der Waals surface area contributed by atoms with E-state index in [9.17, 15) is 9.59 Å².